The molecule has 1 aromatic heterocycles. The Morgan fingerprint density at radius 1 is 0.958 bits per heavy atom. The zero-order valence-corrected chi connectivity index (χ0v) is 13.3. The molecule has 0 aliphatic carbocycles. The maximum atomic E-state index is 12.0. The van der Waals surface area contributed by atoms with Crippen LogP contribution in [0.5, 0.6) is 5.75 Å². The molecule has 120 valence electrons. The van der Waals surface area contributed by atoms with Gasteiger partial charge in [0, 0.05) is 17.7 Å². The number of carbonyl (C=O) groups excluding carboxylic acids is 1. The summed E-state index contributed by atoms with van der Waals surface area (Å²) in [5, 5.41) is 2.61. The first-order valence-corrected chi connectivity index (χ1v) is 8.64. The molecule has 0 bridgehead atoms. The molecule has 0 aliphatic rings. The van der Waals surface area contributed by atoms with Crippen LogP contribution in [0.3, 0.4) is 0 Å². The van der Waals surface area contributed by atoms with Crippen molar-refractivity contribution in [2.24, 2.45) is 0 Å². The first kappa shape index (κ1) is 15.9. The number of hydrogen-bond donors (Lipinski definition) is 0. The second-order valence-electron chi connectivity index (χ2n) is 4.95. The Balaban J connectivity index is 1.75. The fourth-order valence-corrected chi connectivity index (χ4v) is 3.02. The minimum Gasteiger partial charge on any atom is -0.423 e. The number of rotatable bonds is 4. The van der Waals surface area contributed by atoms with Crippen LogP contribution in [-0.2, 0) is 14.6 Å². The van der Waals surface area contributed by atoms with Crippen LogP contribution in [-0.4, -0.2) is 19.4 Å². The Hall–Kier alpha value is -2.99. The molecule has 6 heteroatoms. The Morgan fingerprint density at radius 3 is 2.46 bits per heavy atom. The van der Waals surface area contributed by atoms with Gasteiger partial charge in [-0.1, -0.05) is 36.4 Å². The van der Waals surface area contributed by atoms with Gasteiger partial charge in [-0.25, -0.2) is 18.2 Å². The van der Waals surface area contributed by atoms with Crippen molar-refractivity contribution < 1.29 is 17.9 Å². The quantitative estimate of drug-likeness (QED) is 0.415. The van der Waals surface area contributed by atoms with Crippen molar-refractivity contribution in [1.82, 2.24) is 4.98 Å². The van der Waals surface area contributed by atoms with Gasteiger partial charge in [0.25, 0.3) is 0 Å². The molecule has 0 atom stereocenters. The summed E-state index contributed by atoms with van der Waals surface area (Å²) in [6.45, 7) is 0. The Bertz CT molecular complexity index is 1010. The van der Waals surface area contributed by atoms with Crippen LogP contribution in [0.2, 0.25) is 0 Å². The summed E-state index contributed by atoms with van der Waals surface area (Å²) in [5.74, 6) is -0.427. The molecule has 0 aliphatic heterocycles. The van der Waals surface area contributed by atoms with Crippen LogP contribution >= 0.6 is 0 Å². The molecule has 3 rings (SSSR count). The molecule has 1 heterocycles. The number of nitrogens with zero attached hydrogens (tertiary/aromatic N) is 1. The second-order valence-corrected chi connectivity index (χ2v) is 6.73. The van der Waals surface area contributed by atoms with Crippen molar-refractivity contribution in [3.8, 4) is 5.75 Å². The van der Waals surface area contributed by atoms with Crippen LogP contribution in [0.4, 0.5) is 0 Å². The van der Waals surface area contributed by atoms with E-state index < -0.39 is 15.8 Å². The van der Waals surface area contributed by atoms with Crippen molar-refractivity contribution in [2.45, 2.75) is 5.03 Å². The number of pyridine rings is 1. The smallest absolute Gasteiger partial charge is 0.336 e. The number of carbonyl (C=O) groups is 1. The van der Waals surface area contributed by atoms with E-state index in [2.05, 4.69) is 4.98 Å². The van der Waals surface area contributed by atoms with Crippen molar-refractivity contribution in [2.75, 3.05) is 0 Å². The van der Waals surface area contributed by atoms with Crippen molar-refractivity contribution in [3.05, 3.63) is 78.3 Å². The maximum absolute atomic E-state index is 12.0. The average Bonchev–Trinajstić information content (AvgIpc) is 2.61. The molecule has 0 spiro atoms. The van der Waals surface area contributed by atoms with E-state index in [1.807, 2.05) is 30.3 Å². The van der Waals surface area contributed by atoms with Gasteiger partial charge in [-0.15, -0.1) is 0 Å². The summed E-state index contributed by atoms with van der Waals surface area (Å²) < 4.78 is 29.2. The lowest BCUT2D eigenvalue weighted by Gasteiger charge is -2.03. The Morgan fingerprint density at radius 2 is 1.71 bits per heavy atom. The number of sulfone groups is 1. The predicted octanol–water partition coefficient (Wildman–Crippen LogP) is 3.13. The van der Waals surface area contributed by atoms with Gasteiger partial charge in [0.15, 0.2) is 5.03 Å². The highest BCUT2D eigenvalue weighted by atomic mass is 32.2. The molecule has 0 N–H and O–H groups in total. The SMILES string of the molecule is O=C(C=CS(=O)(=O)c1ccccn1)Oc1ccc2ccccc2c1. The number of ether oxygens (including phenoxy) is 1. The van der Waals surface area contributed by atoms with Crippen LogP contribution in [0.1, 0.15) is 0 Å². The Kier molecular flexibility index (Phi) is 4.39. The van der Waals surface area contributed by atoms with E-state index in [-0.39, 0.29) is 5.03 Å². The number of hydrogen-bond acceptors (Lipinski definition) is 5. The maximum Gasteiger partial charge on any atom is 0.336 e. The molecule has 0 radical (unpaired) electrons. The fourth-order valence-electron chi connectivity index (χ4n) is 2.11. The third-order valence-corrected chi connectivity index (χ3v) is 4.57. The number of aromatic nitrogens is 1. The highest BCUT2D eigenvalue weighted by molar-refractivity contribution is 7.94. The van der Waals surface area contributed by atoms with Gasteiger partial charge in [-0.2, -0.15) is 0 Å². The lowest BCUT2D eigenvalue weighted by atomic mass is 10.1. The zero-order chi connectivity index (χ0) is 17.0. The van der Waals surface area contributed by atoms with Crippen LogP contribution < -0.4 is 4.74 Å². The summed E-state index contributed by atoms with van der Waals surface area (Å²) in [6.07, 6.45) is 2.24. The van der Waals surface area contributed by atoms with Gasteiger partial charge in [0.1, 0.15) is 5.75 Å². The van der Waals surface area contributed by atoms with Crippen LogP contribution in [0, 0.1) is 0 Å². The van der Waals surface area contributed by atoms with Gasteiger partial charge < -0.3 is 4.74 Å². The molecular weight excluding hydrogens is 326 g/mol. The van der Waals surface area contributed by atoms with Gasteiger partial charge in [-0.3, -0.25) is 0 Å². The van der Waals surface area contributed by atoms with E-state index in [0.717, 1.165) is 22.3 Å². The monoisotopic (exact) mass is 339 g/mol. The zero-order valence-electron chi connectivity index (χ0n) is 12.5. The second kappa shape index (κ2) is 6.64. The summed E-state index contributed by atoms with van der Waals surface area (Å²) >= 11 is 0. The highest BCUT2D eigenvalue weighted by Crippen LogP contribution is 2.20. The first-order chi connectivity index (χ1) is 11.5. The third kappa shape index (κ3) is 3.67. The molecule has 5 nitrogen and oxygen atoms in total. The standard InChI is InChI=1S/C18H13NO4S/c20-18(10-12-24(21,22)17-7-3-4-11-19-17)23-16-9-8-14-5-1-2-6-15(14)13-16/h1-13H. The van der Waals surface area contributed by atoms with E-state index >= 15 is 0 Å². The van der Waals surface area contributed by atoms with Gasteiger partial charge in [0.05, 0.1) is 0 Å². The molecule has 24 heavy (non-hydrogen) atoms. The lowest BCUT2D eigenvalue weighted by Crippen LogP contribution is -2.06. The van der Waals surface area contributed by atoms with E-state index in [4.69, 9.17) is 4.74 Å². The molecule has 3 aromatic rings. The van der Waals surface area contributed by atoms with Gasteiger partial charge in [-0.05, 0) is 35.0 Å². The van der Waals surface area contributed by atoms with Crippen molar-refractivity contribution >= 4 is 26.6 Å². The topological polar surface area (TPSA) is 73.3 Å². The highest BCUT2D eigenvalue weighted by Gasteiger charge is 2.12. The summed E-state index contributed by atoms with van der Waals surface area (Å²) in [5.41, 5.74) is 0. The fraction of sp³-hybridized carbons (Fsp3) is 0. The summed E-state index contributed by atoms with van der Waals surface area (Å²) in [7, 11) is -3.77. The van der Waals surface area contributed by atoms with Crippen molar-refractivity contribution in [3.63, 3.8) is 0 Å². The summed E-state index contributed by atoms with van der Waals surface area (Å²) in [4.78, 5) is 15.6. The minimum absolute atomic E-state index is 0.125. The molecule has 0 fully saturated rings. The Labute approximate surface area is 139 Å². The third-order valence-electron chi connectivity index (χ3n) is 3.25. The molecule has 0 unspecified atom stereocenters. The normalized spacial score (nSPS) is 11.7. The molecule has 0 saturated carbocycles. The van der Waals surface area contributed by atoms with Crippen LogP contribution in [0.15, 0.2) is 83.4 Å². The molecule has 2 aromatic carbocycles. The van der Waals surface area contributed by atoms with Gasteiger partial charge >= 0.3 is 5.97 Å². The predicted molar refractivity (Wildman–Crippen MR) is 90.1 cm³/mol. The first-order valence-electron chi connectivity index (χ1n) is 7.09. The molecule has 0 saturated heterocycles. The lowest BCUT2D eigenvalue weighted by molar-refractivity contribution is -0.128. The van der Waals surface area contributed by atoms with Crippen molar-refractivity contribution in [1.29, 1.82) is 0 Å². The van der Waals surface area contributed by atoms with E-state index in [9.17, 15) is 13.2 Å². The van der Waals surface area contributed by atoms with E-state index in [1.165, 1.54) is 12.3 Å². The van der Waals surface area contributed by atoms with Gasteiger partial charge in [0.2, 0.25) is 9.84 Å². The van der Waals surface area contributed by atoms with E-state index in [0.29, 0.717) is 5.75 Å². The largest absolute Gasteiger partial charge is 0.423 e. The molecular formula is C18H13NO4S. The summed E-state index contributed by atoms with van der Waals surface area (Å²) in [6, 6.07) is 17.4. The average molecular weight is 339 g/mol. The molecule has 0 amide bonds. The number of fused-ring (bicyclic) bond motifs is 1. The van der Waals surface area contributed by atoms with Crippen LogP contribution in [0.25, 0.3) is 10.8 Å². The number of esters is 1. The van der Waals surface area contributed by atoms with E-state index in [1.54, 1.807) is 24.3 Å². The number of benzene rings is 2. The minimum atomic E-state index is -3.77.